The van der Waals surface area contributed by atoms with Crippen molar-refractivity contribution in [3.8, 4) is 11.4 Å². The molecule has 5 heteroatoms. The van der Waals surface area contributed by atoms with Crippen LogP contribution in [0.15, 0.2) is 49.2 Å². The van der Waals surface area contributed by atoms with Crippen molar-refractivity contribution in [1.29, 1.82) is 0 Å². The van der Waals surface area contributed by atoms with Crippen molar-refractivity contribution in [2.75, 3.05) is 38.1 Å². The summed E-state index contributed by atoms with van der Waals surface area (Å²) in [6.45, 7) is 8.21. The highest BCUT2D eigenvalue weighted by molar-refractivity contribution is 5.64. The average Bonchev–Trinajstić information content (AvgIpc) is 3.05. The van der Waals surface area contributed by atoms with Gasteiger partial charge in [0.25, 0.3) is 0 Å². The Balaban J connectivity index is 1.64. The minimum absolute atomic E-state index is 0.846. The van der Waals surface area contributed by atoms with Crippen molar-refractivity contribution >= 4 is 17.4 Å². The molecule has 0 saturated carbocycles. The monoisotopic (exact) mass is 319 g/mol. The first-order chi connectivity index (χ1) is 11.7. The van der Waals surface area contributed by atoms with Gasteiger partial charge in [0.15, 0.2) is 11.5 Å². The number of anilines is 1. The lowest BCUT2D eigenvalue weighted by Crippen LogP contribution is -2.44. The van der Waals surface area contributed by atoms with E-state index in [0.717, 1.165) is 48.8 Å². The van der Waals surface area contributed by atoms with E-state index in [9.17, 15) is 0 Å². The minimum atomic E-state index is 0.846. The second kappa shape index (κ2) is 6.09. The van der Waals surface area contributed by atoms with E-state index in [4.69, 9.17) is 0 Å². The van der Waals surface area contributed by atoms with E-state index in [0.29, 0.717) is 0 Å². The lowest BCUT2D eigenvalue weighted by molar-refractivity contribution is 0.313. The van der Waals surface area contributed by atoms with Crippen molar-refractivity contribution in [3.05, 3.63) is 54.7 Å². The van der Waals surface area contributed by atoms with Gasteiger partial charge in [0.1, 0.15) is 0 Å². The maximum atomic E-state index is 4.35. The van der Waals surface area contributed by atoms with Crippen LogP contribution in [0.2, 0.25) is 0 Å². The first-order valence-electron chi connectivity index (χ1n) is 8.26. The molecule has 2 aromatic heterocycles. The smallest absolute Gasteiger partial charge is 0.168 e. The van der Waals surface area contributed by atoms with Gasteiger partial charge in [-0.05, 0) is 49.0 Å². The zero-order chi connectivity index (χ0) is 16.5. The highest BCUT2D eigenvalue weighted by Gasteiger charge is 2.15. The van der Waals surface area contributed by atoms with E-state index in [1.165, 1.54) is 5.69 Å². The molecular weight excluding hydrogens is 298 g/mol. The van der Waals surface area contributed by atoms with E-state index < -0.39 is 0 Å². The zero-order valence-corrected chi connectivity index (χ0v) is 13.9. The third-order valence-corrected chi connectivity index (χ3v) is 4.65. The molecule has 24 heavy (non-hydrogen) atoms. The molecule has 1 aromatic carbocycles. The largest absolute Gasteiger partial charge is 0.369 e. The summed E-state index contributed by atoms with van der Waals surface area (Å²) in [7, 11) is 2.17. The zero-order valence-electron chi connectivity index (χ0n) is 13.9. The molecule has 3 aromatic rings. The second-order valence-corrected chi connectivity index (χ2v) is 6.26. The van der Waals surface area contributed by atoms with Crippen LogP contribution in [0.5, 0.6) is 0 Å². The maximum Gasteiger partial charge on any atom is 0.168 e. The number of pyridine rings is 1. The highest BCUT2D eigenvalue weighted by Crippen LogP contribution is 2.23. The van der Waals surface area contributed by atoms with Gasteiger partial charge < -0.3 is 9.80 Å². The van der Waals surface area contributed by atoms with Crippen LogP contribution < -0.4 is 4.90 Å². The number of likely N-dealkylation sites (N-methyl/N-ethyl adjacent to an activating group) is 1. The van der Waals surface area contributed by atoms with Gasteiger partial charge in [-0.1, -0.05) is 12.7 Å². The Bertz CT molecular complexity index is 857. The third kappa shape index (κ3) is 2.67. The van der Waals surface area contributed by atoms with Crippen molar-refractivity contribution in [2.45, 2.75) is 0 Å². The summed E-state index contributed by atoms with van der Waals surface area (Å²) in [4.78, 5) is 4.80. The second-order valence-electron chi connectivity index (χ2n) is 6.26. The fraction of sp³-hybridized carbons (Fsp3) is 0.263. The number of nitrogens with zero attached hydrogens (tertiary/aromatic N) is 5. The Labute approximate surface area is 141 Å². The molecule has 0 unspecified atom stereocenters. The first kappa shape index (κ1) is 14.9. The minimum Gasteiger partial charge on any atom is -0.369 e. The van der Waals surface area contributed by atoms with Crippen molar-refractivity contribution in [3.63, 3.8) is 0 Å². The van der Waals surface area contributed by atoms with Crippen LogP contribution in [0.3, 0.4) is 0 Å². The van der Waals surface area contributed by atoms with E-state index in [1.807, 2.05) is 28.8 Å². The average molecular weight is 319 g/mol. The summed E-state index contributed by atoms with van der Waals surface area (Å²) in [5.74, 6) is 0.860. The van der Waals surface area contributed by atoms with Crippen molar-refractivity contribution in [1.82, 2.24) is 19.5 Å². The fourth-order valence-electron chi connectivity index (χ4n) is 3.11. The predicted octanol–water partition coefficient (Wildman–Crippen LogP) is 2.79. The molecule has 0 spiro atoms. The standard InChI is InChI=1S/C19H21N5/c1-3-15-4-9-18-20-21-19(24(18)14-15)16-5-7-17(8-6-16)23-12-10-22(2)11-13-23/h3-9,14H,1,10-13H2,2H3. The number of rotatable bonds is 3. The summed E-state index contributed by atoms with van der Waals surface area (Å²) in [5, 5.41) is 8.61. The van der Waals surface area contributed by atoms with Crippen LogP contribution in [0.25, 0.3) is 23.1 Å². The SMILES string of the molecule is C=Cc1ccc2nnc(-c3ccc(N4CCN(C)CC4)cc3)n2c1. The highest BCUT2D eigenvalue weighted by atomic mass is 15.3. The van der Waals surface area contributed by atoms with Gasteiger partial charge in [0.2, 0.25) is 0 Å². The lowest BCUT2D eigenvalue weighted by atomic mass is 10.1. The van der Waals surface area contributed by atoms with Gasteiger partial charge in [0.05, 0.1) is 0 Å². The van der Waals surface area contributed by atoms with Gasteiger partial charge in [-0.15, -0.1) is 10.2 Å². The number of fused-ring (bicyclic) bond motifs is 1. The Hall–Kier alpha value is -2.66. The maximum absolute atomic E-state index is 4.35. The van der Waals surface area contributed by atoms with Crippen LogP contribution in [0.4, 0.5) is 5.69 Å². The molecule has 0 atom stereocenters. The molecule has 1 aliphatic rings. The number of hydrogen-bond donors (Lipinski definition) is 0. The topological polar surface area (TPSA) is 36.7 Å². The normalized spacial score (nSPS) is 15.8. The first-order valence-corrected chi connectivity index (χ1v) is 8.26. The molecule has 0 aliphatic carbocycles. The third-order valence-electron chi connectivity index (χ3n) is 4.65. The summed E-state index contributed by atoms with van der Waals surface area (Å²) in [6, 6.07) is 12.6. The molecule has 122 valence electrons. The molecular formula is C19H21N5. The molecule has 5 nitrogen and oxygen atoms in total. The molecule has 1 fully saturated rings. The Morgan fingerprint density at radius 2 is 1.71 bits per heavy atom. The Morgan fingerprint density at radius 1 is 0.958 bits per heavy atom. The summed E-state index contributed by atoms with van der Waals surface area (Å²) in [6.07, 6.45) is 3.85. The number of aromatic nitrogens is 3. The number of benzene rings is 1. The van der Waals surface area contributed by atoms with Crippen LogP contribution in [0, 0.1) is 0 Å². The van der Waals surface area contributed by atoms with E-state index in [1.54, 1.807) is 0 Å². The number of hydrogen-bond acceptors (Lipinski definition) is 4. The summed E-state index contributed by atoms with van der Waals surface area (Å²) < 4.78 is 2.02. The Morgan fingerprint density at radius 3 is 2.42 bits per heavy atom. The van der Waals surface area contributed by atoms with Crippen LogP contribution in [-0.2, 0) is 0 Å². The van der Waals surface area contributed by atoms with Crippen molar-refractivity contribution < 1.29 is 0 Å². The van der Waals surface area contributed by atoms with E-state index in [-0.39, 0.29) is 0 Å². The predicted molar refractivity (Wildman–Crippen MR) is 98.2 cm³/mol. The van der Waals surface area contributed by atoms with E-state index in [2.05, 4.69) is 57.9 Å². The molecule has 0 bridgehead atoms. The van der Waals surface area contributed by atoms with Crippen LogP contribution >= 0.6 is 0 Å². The lowest BCUT2D eigenvalue weighted by Gasteiger charge is -2.34. The van der Waals surface area contributed by atoms with Crippen LogP contribution in [-0.4, -0.2) is 52.7 Å². The molecule has 3 heterocycles. The van der Waals surface area contributed by atoms with Gasteiger partial charge in [0, 0.05) is 43.6 Å². The van der Waals surface area contributed by atoms with Gasteiger partial charge in [-0.2, -0.15) is 0 Å². The molecule has 0 amide bonds. The molecule has 0 radical (unpaired) electrons. The quantitative estimate of drug-likeness (QED) is 0.744. The van der Waals surface area contributed by atoms with Gasteiger partial charge in [-0.3, -0.25) is 4.40 Å². The van der Waals surface area contributed by atoms with Crippen molar-refractivity contribution in [2.24, 2.45) is 0 Å². The molecule has 4 rings (SSSR count). The molecule has 0 N–H and O–H groups in total. The van der Waals surface area contributed by atoms with E-state index >= 15 is 0 Å². The van der Waals surface area contributed by atoms with Gasteiger partial charge in [-0.25, -0.2) is 0 Å². The molecule has 1 aliphatic heterocycles. The molecule has 1 saturated heterocycles. The number of piperazine rings is 1. The fourth-order valence-corrected chi connectivity index (χ4v) is 3.11. The van der Waals surface area contributed by atoms with Gasteiger partial charge >= 0.3 is 0 Å². The summed E-state index contributed by atoms with van der Waals surface area (Å²) in [5.41, 5.74) is 4.24. The van der Waals surface area contributed by atoms with Crippen LogP contribution in [0.1, 0.15) is 5.56 Å². The Kier molecular flexibility index (Phi) is 3.78. The summed E-state index contributed by atoms with van der Waals surface area (Å²) >= 11 is 0.